The Labute approximate surface area is 140 Å². The molecule has 2 aromatic rings. The minimum absolute atomic E-state index is 0.489. The molecule has 2 fully saturated rings. The van der Waals surface area contributed by atoms with Gasteiger partial charge >= 0.3 is 0 Å². The largest absolute Gasteiger partial charge is 0.371 e. The first-order valence-electron chi connectivity index (χ1n) is 8.10. The highest BCUT2D eigenvalue weighted by Gasteiger charge is 2.31. The average Bonchev–Trinajstić information content (AvgIpc) is 3.32. The van der Waals surface area contributed by atoms with Gasteiger partial charge in [0.15, 0.2) is 0 Å². The SMILES string of the molecule is N#Cc1ccc(N2CCC(c3nncn3C3CC3)CC2)cc1Cl. The quantitative estimate of drug-likeness (QED) is 0.865. The fourth-order valence-corrected chi connectivity index (χ4v) is 3.58. The number of nitrogens with zero attached hydrogens (tertiary/aromatic N) is 5. The highest BCUT2D eigenvalue weighted by Crippen LogP contribution is 2.39. The topological polar surface area (TPSA) is 57.7 Å². The van der Waals surface area contributed by atoms with Crippen molar-refractivity contribution in [1.29, 1.82) is 5.26 Å². The van der Waals surface area contributed by atoms with Crippen LogP contribution < -0.4 is 4.90 Å². The van der Waals surface area contributed by atoms with E-state index in [4.69, 9.17) is 16.9 Å². The van der Waals surface area contributed by atoms with E-state index in [0.29, 0.717) is 22.5 Å². The minimum atomic E-state index is 0.489. The smallest absolute Gasteiger partial charge is 0.136 e. The molecule has 1 saturated heterocycles. The molecule has 1 aliphatic heterocycles. The van der Waals surface area contributed by atoms with Crippen LogP contribution in [0.3, 0.4) is 0 Å². The van der Waals surface area contributed by atoms with Crippen LogP contribution in [0.1, 0.15) is 49.0 Å². The van der Waals surface area contributed by atoms with Crippen molar-refractivity contribution in [3.8, 4) is 6.07 Å². The Balaban J connectivity index is 1.45. The van der Waals surface area contributed by atoms with E-state index in [0.717, 1.165) is 37.4 Å². The first kappa shape index (κ1) is 14.5. The summed E-state index contributed by atoms with van der Waals surface area (Å²) >= 11 is 6.15. The Bertz CT molecular complexity index is 751. The Hall–Kier alpha value is -2.06. The Morgan fingerprint density at radius 2 is 1.96 bits per heavy atom. The third-order valence-electron chi connectivity index (χ3n) is 4.84. The van der Waals surface area contributed by atoms with Crippen molar-refractivity contribution in [3.05, 3.63) is 40.9 Å². The molecule has 1 saturated carbocycles. The first-order chi connectivity index (χ1) is 11.3. The molecule has 2 heterocycles. The summed E-state index contributed by atoms with van der Waals surface area (Å²) in [6.45, 7) is 1.95. The lowest BCUT2D eigenvalue weighted by Gasteiger charge is -2.33. The van der Waals surface area contributed by atoms with Crippen molar-refractivity contribution in [2.75, 3.05) is 18.0 Å². The van der Waals surface area contributed by atoms with Gasteiger partial charge in [-0.05, 0) is 43.9 Å². The third-order valence-corrected chi connectivity index (χ3v) is 5.15. The van der Waals surface area contributed by atoms with Gasteiger partial charge in [-0.2, -0.15) is 5.26 Å². The van der Waals surface area contributed by atoms with E-state index in [-0.39, 0.29) is 0 Å². The molecule has 4 rings (SSSR count). The number of nitriles is 1. The summed E-state index contributed by atoms with van der Waals surface area (Å²) in [6.07, 6.45) is 6.55. The van der Waals surface area contributed by atoms with Gasteiger partial charge in [-0.1, -0.05) is 11.6 Å². The van der Waals surface area contributed by atoms with Gasteiger partial charge in [-0.25, -0.2) is 0 Å². The highest BCUT2D eigenvalue weighted by atomic mass is 35.5. The average molecular weight is 328 g/mol. The second-order valence-corrected chi connectivity index (χ2v) is 6.77. The predicted molar refractivity (Wildman–Crippen MR) is 88.6 cm³/mol. The van der Waals surface area contributed by atoms with Gasteiger partial charge in [0.2, 0.25) is 0 Å². The summed E-state index contributed by atoms with van der Waals surface area (Å²) in [5, 5.41) is 18.0. The van der Waals surface area contributed by atoms with Crippen LogP contribution in [0.2, 0.25) is 5.02 Å². The molecule has 0 amide bonds. The van der Waals surface area contributed by atoms with Crippen LogP contribution in [0.5, 0.6) is 0 Å². The molecular weight excluding hydrogens is 310 g/mol. The number of anilines is 1. The molecule has 5 nitrogen and oxygen atoms in total. The van der Waals surface area contributed by atoms with Crippen LogP contribution >= 0.6 is 11.6 Å². The number of hydrogen-bond donors (Lipinski definition) is 0. The van der Waals surface area contributed by atoms with Gasteiger partial charge in [-0.3, -0.25) is 0 Å². The van der Waals surface area contributed by atoms with Gasteiger partial charge in [0.1, 0.15) is 18.2 Å². The lowest BCUT2D eigenvalue weighted by molar-refractivity contribution is 0.465. The maximum absolute atomic E-state index is 8.97. The van der Waals surface area contributed by atoms with Crippen molar-refractivity contribution >= 4 is 17.3 Å². The first-order valence-corrected chi connectivity index (χ1v) is 8.48. The van der Waals surface area contributed by atoms with Crippen molar-refractivity contribution in [1.82, 2.24) is 14.8 Å². The molecule has 0 spiro atoms. The van der Waals surface area contributed by atoms with E-state index in [2.05, 4.69) is 25.7 Å². The number of hydrogen-bond acceptors (Lipinski definition) is 4. The van der Waals surface area contributed by atoms with Crippen molar-refractivity contribution < 1.29 is 0 Å². The third kappa shape index (κ3) is 2.79. The van der Waals surface area contributed by atoms with E-state index in [1.807, 2.05) is 18.5 Å². The summed E-state index contributed by atoms with van der Waals surface area (Å²) in [4.78, 5) is 2.33. The van der Waals surface area contributed by atoms with Gasteiger partial charge in [-0.15, -0.1) is 10.2 Å². The molecule has 0 bridgehead atoms. The van der Waals surface area contributed by atoms with E-state index in [1.165, 1.54) is 12.8 Å². The number of aromatic nitrogens is 3. The van der Waals surface area contributed by atoms with Crippen LogP contribution in [0, 0.1) is 11.3 Å². The maximum Gasteiger partial charge on any atom is 0.136 e. The molecule has 2 aliphatic rings. The number of halogens is 1. The predicted octanol–water partition coefficient (Wildman–Crippen LogP) is 3.52. The van der Waals surface area contributed by atoms with Crippen molar-refractivity contribution in [2.24, 2.45) is 0 Å². The van der Waals surface area contributed by atoms with Gasteiger partial charge < -0.3 is 9.47 Å². The summed E-state index contributed by atoms with van der Waals surface area (Å²) in [5.74, 6) is 1.65. The molecule has 23 heavy (non-hydrogen) atoms. The second-order valence-electron chi connectivity index (χ2n) is 6.36. The van der Waals surface area contributed by atoms with Gasteiger partial charge in [0, 0.05) is 30.7 Å². The van der Waals surface area contributed by atoms with E-state index in [9.17, 15) is 0 Å². The second kappa shape index (κ2) is 5.86. The standard InChI is InChI=1S/C17H18ClN5/c18-16-9-15(2-1-13(16)10-19)22-7-5-12(6-8-22)17-21-20-11-23(17)14-3-4-14/h1-2,9,11-12,14H,3-8H2. The zero-order valence-electron chi connectivity index (χ0n) is 12.8. The summed E-state index contributed by atoms with van der Waals surface area (Å²) in [6, 6.07) is 8.42. The summed E-state index contributed by atoms with van der Waals surface area (Å²) in [7, 11) is 0. The van der Waals surface area contributed by atoms with E-state index < -0.39 is 0 Å². The van der Waals surface area contributed by atoms with Gasteiger partial charge in [0.05, 0.1) is 10.6 Å². The monoisotopic (exact) mass is 327 g/mol. The maximum atomic E-state index is 8.97. The Kier molecular flexibility index (Phi) is 3.70. The number of benzene rings is 1. The van der Waals surface area contributed by atoms with Crippen LogP contribution in [0.25, 0.3) is 0 Å². The van der Waals surface area contributed by atoms with E-state index >= 15 is 0 Å². The fraction of sp³-hybridized carbons (Fsp3) is 0.471. The highest BCUT2D eigenvalue weighted by molar-refractivity contribution is 6.32. The molecule has 118 valence electrons. The molecular formula is C17H18ClN5. The Morgan fingerprint density at radius 3 is 2.61 bits per heavy atom. The minimum Gasteiger partial charge on any atom is -0.371 e. The molecule has 0 unspecified atom stereocenters. The van der Waals surface area contributed by atoms with E-state index in [1.54, 1.807) is 6.07 Å². The van der Waals surface area contributed by atoms with Crippen LogP contribution in [0.15, 0.2) is 24.5 Å². The zero-order chi connectivity index (χ0) is 15.8. The number of rotatable bonds is 3. The summed E-state index contributed by atoms with van der Waals surface area (Å²) < 4.78 is 2.28. The van der Waals surface area contributed by atoms with Gasteiger partial charge in [0.25, 0.3) is 0 Å². The van der Waals surface area contributed by atoms with Crippen LogP contribution in [-0.4, -0.2) is 27.9 Å². The molecule has 0 radical (unpaired) electrons. The Morgan fingerprint density at radius 1 is 1.17 bits per heavy atom. The molecule has 1 aliphatic carbocycles. The molecule has 0 atom stereocenters. The summed E-state index contributed by atoms with van der Waals surface area (Å²) in [5.41, 5.74) is 1.62. The normalized spacial score (nSPS) is 18.9. The lowest BCUT2D eigenvalue weighted by Crippen LogP contribution is -2.33. The van der Waals surface area contributed by atoms with Crippen LogP contribution in [0.4, 0.5) is 5.69 Å². The number of piperidine rings is 1. The lowest BCUT2D eigenvalue weighted by atomic mass is 9.95. The molecule has 6 heteroatoms. The molecule has 0 N–H and O–H groups in total. The van der Waals surface area contributed by atoms with Crippen LogP contribution in [-0.2, 0) is 0 Å². The molecule has 1 aromatic carbocycles. The zero-order valence-corrected chi connectivity index (χ0v) is 13.6. The van der Waals surface area contributed by atoms with Crippen molar-refractivity contribution in [2.45, 2.75) is 37.6 Å². The molecule has 1 aromatic heterocycles. The fourth-order valence-electron chi connectivity index (χ4n) is 3.37. The van der Waals surface area contributed by atoms with Crippen molar-refractivity contribution in [3.63, 3.8) is 0 Å².